The largest absolute Gasteiger partial charge is 0.481 e. The molecule has 0 atom stereocenters. The molecule has 1 N–H and O–H groups in total. The maximum Gasteiger partial charge on any atom is 0.306 e. The van der Waals surface area contributed by atoms with Crippen LogP contribution in [-0.2, 0) is 16.1 Å². The van der Waals surface area contributed by atoms with Crippen molar-refractivity contribution in [1.29, 1.82) is 0 Å². The van der Waals surface area contributed by atoms with Crippen molar-refractivity contribution in [3.63, 3.8) is 0 Å². The second-order valence-corrected chi connectivity index (χ2v) is 7.61. The first-order chi connectivity index (χ1) is 12.5. The number of rotatable bonds is 5. The van der Waals surface area contributed by atoms with E-state index in [1.165, 1.54) is 5.56 Å². The van der Waals surface area contributed by atoms with Gasteiger partial charge < -0.3 is 10.0 Å². The van der Waals surface area contributed by atoms with Crippen LogP contribution < -0.4 is 0 Å². The van der Waals surface area contributed by atoms with Gasteiger partial charge in [-0.15, -0.1) is 0 Å². The first-order valence-corrected chi connectivity index (χ1v) is 9.59. The van der Waals surface area contributed by atoms with Gasteiger partial charge in [0, 0.05) is 37.7 Å². The monoisotopic (exact) mass is 379 g/mol. The number of hydrogen-bond donors (Lipinski definition) is 1. The Morgan fingerprint density at radius 1 is 1.04 bits per heavy atom. The molecule has 1 aromatic rings. The van der Waals surface area contributed by atoms with Crippen molar-refractivity contribution in [3.05, 3.63) is 34.9 Å². The number of piperidine rings is 1. The fourth-order valence-electron chi connectivity index (χ4n) is 3.68. The lowest BCUT2D eigenvalue weighted by molar-refractivity contribution is -0.143. The molecule has 3 rings (SSSR count). The van der Waals surface area contributed by atoms with E-state index < -0.39 is 5.97 Å². The number of carboxylic acids is 1. The third-order valence-electron chi connectivity index (χ3n) is 5.32. The summed E-state index contributed by atoms with van der Waals surface area (Å²) in [4.78, 5) is 29.9. The Hall–Kier alpha value is -1.63. The summed E-state index contributed by atoms with van der Waals surface area (Å²) in [7, 11) is 0. The van der Waals surface area contributed by atoms with Crippen LogP contribution in [0.5, 0.6) is 0 Å². The van der Waals surface area contributed by atoms with Crippen LogP contribution in [-0.4, -0.2) is 77.5 Å². The molecule has 2 aliphatic rings. The Morgan fingerprint density at radius 3 is 2.35 bits per heavy atom. The van der Waals surface area contributed by atoms with Crippen molar-refractivity contribution < 1.29 is 14.7 Å². The van der Waals surface area contributed by atoms with Gasteiger partial charge in [-0.2, -0.15) is 0 Å². The average Bonchev–Trinajstić information content (AvgIpc) is 2.63. The van der Waals surface area contributed by atoms with E-state index in [4.69, 9.17) is 16.7 Å². The molecule has 0 saturated carbocycles. The highest BCUT2D eigenvalue weighted by molar-refractivity contribution is 6.30. The smallest absolute Gasteiger partial charge is 0.306 e. The normalized spacial score (nSPS) is 20.3. The van der Waals surface area contributed by atoms with E-state index in [9.17, 15) is 9.59 Å². The summed E-state index contributed by atoms with van der Waals surface area (Å²) in [5.41, 5.74) is 1.19. The molecule has 0 radical (unpaired) electrons. The SMILES string of the molecule is O=C(O)C1CCN(CC(=O)N2CCN(Cc3cccc(Cl)c3)CC2)CC1. The lowest BCUT2D eigenvalue weighted by atomic mass is 9.97. The predicted molar refractivity (Wildman–Crippen MR) is 100 cm³/mol. The second-order valence-electron chi connectivity index (χ2n) is 7.18. The number of halogens is 1. The molecule has 26 heavy (non-hydrogen) atoms. The molecular formula is C19H26ClN3O3. The maximum atomic E-state index is 12.5. The molecule has 2 fully saturated rings. The number of aliphatic carboxylic acids is 1. The Bertz CT molecular complexity index is 639. The van der Waals surface area contributed by atoms with E-state index in [1.807, 2.05) is 23.1 Å². The van der Waals surface area contributed by atoms with E-state index in [-0.39, 0.29) is 11.8 Å². The van der Waals surface area contributed by atoms with Crippen LogP contribution in [0.1, 0.15) is 18.4 Å². The van der Waals surface area contributed by atoms with E-state index in [2.05, 4.69) is 15.9 Å². The van der Waals surface area contributed by atoms with Crippen molar-refractivity contribution in [1.82, 2.24) is 14.7 Å². The number of carbonyl (C=O) groups is 2. The van der Waals surface area contributed by atoms with Gasteiger partial charge in [0.05, 0.1) is 12.5 Å². The third-order valence-corrected chi connectivity index (χ3v) is 5.55. The molecule has 1 amide bonds. The molecule has 2 heterocycles. The number of likely N-dealkylation sites (tertiary alicyclic amines) is 1. The standard InChI is InChI=1S/C19H26ClN3O3/c20-17-3-1-2-15(12-17)13-22-8-10-23(11-9-22)18(24)14-21-6-4-16(5-7-21)19(25)26/h1-3,12,16H,4-11,13-14H2,(H,25,26). The Kier molecular flexibility index (Phi) is 6.51. The average molecular weight is 380 g/mol. The molecular weight excluding hydrogens is 354 g/mol. The zero-order valence-electron chi connectivity index (χ0n) is 14.9. The number of benzene rings is 1. The zero-order chi connectivity index (χ0) is 18.5. The predicted octanol–water partition coefficient (Wildman–Crippen LogP) is 1.78. The van der Waals surface area contributed by atoms with E-state index >= 15 is 0 Å². The Labute approximate surface area is 159 Å². The molecule has 2 saturated heterocycles. The molecule has 0 aromatic heterocycles. The van der Waals surface area contributed by atoms with Crippen LogP contribution in [0.25, 0.3) is 0 Å². The molecule has 0 spiro atoms. The summed E-state index contributed by atoms with van der Waals surface area (Å²) < 4.78 is 0. The molecule has 142 valence electrons. The van der Waals surface area contributed by atoms with Gasteiger partial charge in [0.2, 0.25) is 5.91 Å². The highest BCUT2D eigenvalue weighted by atomic mass is 35.5. The minimum Gasteiger partial charge on any atom is -0.481 e. The Morgan fingerprint density at radius 2 is 1.73 bits per heavy atom. The summed E-state index contributed by atoms with van der Waals surface area (Å²) in [6.45, 7) is 5.84. The first-order valence-electron chi connectivity index (χ1n) is 9.21. The van der Waals surface area contributed by atoms with E-state index in [0.29, 0.717) is 32.5 Å². The number of hydrogen-bond acceptors (Lipinski definition) is 4. The minimum absolute atomic E-state index is 0.154. The van der Waals surface area contributed by atoms with Gasteiger partial charge >= 0.3 is 5.97 Å². The highest BCUT2D eigenvalue weighted by Gasteiger charge is 2.27. The summed E-state index contributed by atoms with van der Waals surface area (Å²) in [6, 6.07) is 7.90. The lowest BCUT2D eigenvalue weighted by Crippen LogP contribution is -2.51. The topological polar surface area (TPSA) is 64.1 Å². The second kappa shape index (κ2) is 8.84. The number of nitrogens with zero attached hydrogens (tertiary/aromatic N) is 3. The third kappa shape index (κ3) is 5.19. The molecule has 0 aliphatic carbocycles. The molecule has 7 heteroatoms. The maximum absolute atomic E-state index is 12.5. The Balaban J connectivity index is 1.40. The molecule has 1 aromatic carbocycles. The minimum atomic E-state index is -0.716. The van der Waals surface area contributed by atoms with Gasteiger partial charge in [-0.25, -0.2) is 0 Å². The van der Waals surface area contributed by atoms with Crippen molar-refractivity contribution >= 4 is 23.5 Å². The summed E-state index contributed by atoms with van der Waals surface area (Å²) in [5.74, 6) is -0.815. The number of piperazine rings is 1. The molecule has 0 unspecified atom stereocenters. The first kappa shape index (κ1) is 19.1. The van der Waals surface area contributed by atoms with Crippen LogP contribution in [0, 0.1) is 5.92 Å². The van der Waals surface area contributed by atoms with Gasteiger partial charge in [0.25, 0.3) is 0 Å². The van der Waals surface area contributed by atoms with Gasteiger partial charge in [0.15, 0.2) is 0 Å². The number of carboxylic acid groups (broad SMARTS) is 1. The fraction of sp³-hybridized carbons (Fsp3) is 0.579. The van der Waals surface area contributed by atoms with E-state index in [1.54, 1.807) is 0 Å². The van der Waals surface area contributed by atoms with Crippen molar-refractivity contribution in [2.24, 2.45) is 5.92 Å². The van der Waals surface area contributed by atoms with Crippen LogP contribution in [0.3, 0.4) is 0 Å². The van der Waals surface area contributed by atoms with Gasteiger partial charge in [-0.05, 0) is 43.6 Å². The summed E-state index contributed by atoms with van der Waals surface area (Å²) >= 11 is 6.04. The zero-order valence-corrected chi connectivity index (χ0v) is 15.7. The van der Waals surface area contributed by atoms with Crippen LogP contribution in [0.4, 0.5) is 0 Å². The number of carbonyl (C=O) groups excluding carboxylic acids is 1. The van der Waals surface area contributed by atoms with Crippen molar-refractivity contribution in [2.75, 3.05) is 45.8 Å². The van der Waals surface area contributed by atoms with Crippen LogP contribution >= 0.6 is 11.6 Å². The number of amides is 1. The van der Waals surface area contributed by atoms with Gasteiger partial charge in [-0.1, -0.05) is 23.7 Å². The molecule has 2 aliphatic heterocycles. The quantitative estimate of drug-likeness (QED) is 0.844. The highest BCUT2D eigenvalue weighted by Crippen LogP contribution is 2.18. The summed E-state index contributed by atoms with van der Waals surface area (Å²) in [6.07, 6.45) is 1.27. The molecule has 6 nitrogen and oxygen atoms in total. The van der Waals surface area contributed by atoms with Gasteiger partial charge in [0.1, 0.15) is 0 Å². The lowest BCUT2D eigenvalue weighted by Gasteiger charge is -2.36. The van der Waals surface area contributed by atoms with Crippen molar-refractivity contribution in [3.8, 4) is 0 Å². The fourth-order valence-corrected chi connectivity index (χ4v) is 3.89. The summed E-state index contributed by atoms with van der Waals surface area (Å²) in [5, 5.41) is 9.80. The molecule has 0 bridgehead atoms. The van der Waals surface area contributed by atoms with E-state index in [0.717, 1.165) is 37.7 Å². The van der Waals surface area contributed by atoms with Gasteiger partial charge in [-0.3, -0.25) is 19.4 Å². The van der Waals surface area contributed by atoms with Crippen LogP contribution in [0.2, 0.25) is 5.02 Å². The van der Waals surface area contributed by atoms with Crippen molar-refractivity contribution in [2.45, 2.75) is 19.4 Å². The van der Waals surface area contributed by atoms with Crippen LogP contribution in [0.15, 0.2) is 24.3 Å².